The molecule has 0 aliphatic carbocycles. The summed E-state index contributed by atoms with van der Waals surface area (Å²) in [5.74, 6) is 0.583. The number of aromatic nitrogens is 1. The molecule has 2 rings (SSSR count). The molecule has 2 heterocycles. The van der Waals surface area contributed by atoms with E-state index in [0.29, 0.717) is 5.76 Å². The number of aryl methyl sites for hydroxylation is 1. The minimum atomic E-state index is -0.0250. The van der Waals surface area contributed by atoms with Gasteiger partial charge in [0.25, 0.3) is 0 Å². The van der Waals surface area contributed by atoms with Gasteiger partial charge in [0.05, 0.1) is 18.2 Å². The first-order chi connectivity index (χ1) is 9.19. The third-order valence-corrected chi connectivity index (χ3v) is 3.80. The number of nitrogens with zero attached hydrogens (tertiary/aromatic N) is 1. The van der Waals surface area contributed by atoms with Gasteiger partial charge in [-0.1, -0.05) is 24.6 Å². The average Bonchev–Trinajstić information content (AvgIpc) is 3.00. The lowest BCUT2D eigenvalue weighted by molar-refractivity contribution is -0.121. The third-order valence-electron chi connectivity index (χ3n) is 2.81. The highest BCUT2D eigenvalue weighted by atomic mass is 32.1. The van der Waals surface area contributed by atoms with Gasteiger partial charge in [0.1, 0.15) is 5.76 Å². The molecule has 1 amide bonds. The monoisotopic (exact) mass is 278 g/mol. The van der Waals surface area contributed by atoms with Crippen LogP contribution >= 0.6 is 11.3 Å². The number of carbonyl (C=O) groups excluding carboxylic acids is 1. The lowest BCUT2D eigenvalue weighted by atomic mass is 10.1. The van der Waals surface area contributed by atoms with Crippen molar-refractivity contribution in [1.82, 2.24) is 10.5 Å². The zero-order chi connectivity index (χ0) is 13.7. The van der Waals surface area contributed by atoms with E-state index in [1.54, 1.807) is 17.4 Å². The molecule has 0 aliphatic heterocycles. The first-order valence-electron chi connectivity index (χ1n) is 6.44. The van der Waals surface area contributed by atoms with Crippen LogP contribution in [0.1, 0.15) is 42.1 Å². The van der Waals surface area contributed by atoms with Gasteiger partial charge in [-0.2, -0.15) is 0 Å². The molecular weight excluding hydrogens is 260 g/mol. The Morgan fingerprint density at radius 1 is 1.58 bits per heavy atom. The number of nitrogens with one attached hydrogen (secondary N) is 1. The highest BCUT2D eigenvalue weighted by molar-refractivity contribution is 7.10. The molecule has 4 nitrogen and oxygen atoms in total. The molecular formula is C14H18N2O2S. The van der Waals surface area contributed by atoms with Crippen LogP contribution in [0.4, 0.5) is 0 Å². The Balaban J connectivity index is 1.95. The van der Waals surface area contributed by atoms with Crippen molar-refractivity contribution >= 4 is 17.2 Å². The molecule has 2 aromatic rings. The van der Waals surface area contributed by atoms with E-state index < -0.39 is 0 Å². The summed E-state index contributed by atoms with van der Waals surface area (Å²) in [5.41, 5.74) is 0.797. The summed E-state index contributed by atoms with van der Waals surface area (Å²) in [6, 6.07) is 5.96. The molecule has 0 bridgehead atoms. The molecule has 5 heteroatoms. The number of hydrogen-bond acceptors (Lipinski definition) is 4. The van der Waals surface area contributed by atoms with E-state index in [2.05, 4.69) is 23.5 Å². The van der Waals surface area contributed by atoms with Crippen molar-refractivity contribution in [2.24, 2.45) is 0 Å². The van der Waals surface area contributed by atoms with Gasteiger partial charge >= 0.3 is 0 Å². The predicted molar refractivity (Wildman–Crippen MR) is 75.1 cm³/mol. The number of carbonyl (C=O) groups is 1. The van der Waals surface area contributed by atoms with E-state index in [1.807, 2.05) is 18.4 Å². The van der Waals surface area contributed by atoms with Gasteiger partial charge in [0, 0.05) is 10.9 Å². The van der Waals surface area contributed by atoms with Crippen molar-refractivity contribution in [3.05, 3.63) is 39.9 Å². The van der Waals surface area contributed by atoms with Gasteiger partial charge in [-0.3, -0.25) is 4.79 Å². The Morgan fingerprint density at radius 3 is 3.00 bits per heavy atom. The maximum absolute atomic E-state index is 12.0. The van der Waals surface area contributed by atoms with Crippen molar-refractivity contribution in [3.63, 3.8) is 0 Å². The summed E-state index contributed by atoms with van der Waals surface area (Å²) >= 11 is 1.67. The smallest absolute Gasteiger partial charge is 0.228 e. The van der Waals surface area contributed by atoms with Crippen LogP contribution in [0, 0.1) is 6.92 Å². The van der Waals surface area contributed by atoms with E-state index in [1.165, 1.54) is 4.88 Å². The van der Waals surface area contributed by atoms with Crippen LogP contribution in [0.2, 0.25) is 0 Å². The Bertz CT molecular complexity index is 519. The van der Waals surface area contributed by atoms with Crippen LogP contribution < -0.4 is 5.32 Å². The molecule has 0 unspecified atom stereocenters. The summed E-state index contributed by atoms with van der Waals surface area (Å²) < 4.78 is 5.06. The minimum absolute atomic E-state index is 0.0250. The highest BCUT2D eigenvalue weighted by Gasteiger charge is 2.16. The lowest BCUT2D eigenvalue weighted by Gasteiger charge is -2.16. The van der Waals surface area contributed by atoms with Gasteiger partial charge in [-0.05, 0) is 24.8 Å². The molecule has 0 radical (unpaired) electrons. The summed E-state index contributed by atoms with van der Waals surface area (Å²) in [7, 11) is 0. The van der Waals surface area contributed by atoms with E-state index >= 15 is 0 Å². The maximum atomic E-state index is 12.0. The van der Waals surface area contributed by atoms with Gasteiger partial charge < -0.3 is 9.84 Å². The van der Waals surface area contributed by atoms with E-state index in [4.69, 9.17) is 4.52 Å². The molecule has 102 valence electrons. The topological polar surface area (TPSA) is 55.1 Å². The molecule has 0 aliphatic rings. The van der Waals surface area contributed by atoms with Crippen LogP contribution in [0.3, 0.4) is 0 Å². The molecule has 1 atom stereocenters. The van der Waals surface area contributed by atoms with Crippen LogP contribution in [-0.2, 0) is 11.2 Å². The molecule has 2 aromatic heterocycles. The van der Waals surface area contributed by atoms with E-state index in [9.17, 15) is 4.79 Å². The quantitative estimate of drug-likeness (QED) is 0.882. The normalized spacial score (nSPS) is 12.3. The zero-order valence-electron chi connectivity index (χ0n) is 11.2. The zero-order valence-corrected chi connectivity index (χ0v) is 12.0. The Morgan fingerprint density at radius 2 is 2.42 bits per heavy atom. The third kappa shape index (κ3) is 3.92. The summed E-state index contributed by atoms with van der Waals surface area (Å²) in [6.45, 7) is 3.96. The molecule has 0 aromatic carbocycles. The molecule has 0 saturated carbocycles. The van der Waals surface area contributed by atoms with Gasteiger partial charge in [-0.15, -0.1) is 11.3 Å². The lowest BCUT2D eigenvalue weighted by Crippen LogP contribution is -2.29. The summed E-state index contributed by atoms with van der Waals surface area (Å²) in [4.78, 5) is 13.2. The van der Waals surface area contributed by atoms with Crippen LogP contribution in [0.5, 0.6) is 0 Å². The van der Waals surface area contributed by atoms with Crippen molar-refractivity contribution < 1.29 is 9.32 Å². The molecule has 19 heavy (non-hydrogen) atoms. The van der Waals surface area contributed by atoms with Crippen molar-refractivity contribution in [2.45, 2.75) is 39.2 Å². The second-order valence-corrected chi connectivity index (χ2v) is 5.51. The number of thiophene rings is 1. The van der Waals surface area contributed by atoms with Crippen LogP contribution in [0.25, 0.3) is 0 Å². The SMILES string of the molecule is CCC[C@H](NC(=O)Cc1cc(C)no1)c1cccs1. The van der Waals surface area contributed by atoms with Gasteiger partial charge in [-0.25, -0.2) is 0 Å². The second kappa shape index (κ2) is 6.52. The first-order valence-corrected chi connectivity index (χ1v) is 7.32. The van der Waals surface area contributed by atoms with Gasteiger partial charge in [0.2, 0.25) is 5.91 Å². The first kappa shape index (κ1) is 13.8. The molecule has 0 spiro atoms. The van der Waals surface area contributed by atoms with Crippen molar-refractivity contribution in [1.29, 1.82) is 0 Å². The minimum Gasteiger partial charge on any atom is -0.361 e. The van der Waals surface area contributed by atoms with Crippen molar-refractivity contribution in [2.75, 3.05) is 0 Å². The average molecular weight is 278 g/mol. The number of hydrogen-bond donors (Lipinski definition) is 1. The van der Waals surface area contributed by atoms with Crippen LogP contribution in [-0.4, -0.2) is 11.1 Å². The van der Waals surface area contributed by atoms with E-state index in [-0.39, 0.29) is 18.4 Å². The standard InChI is InChI=1S/C14H18N2O2S/c1-3-5-12(13-6-4-7-19-13)15-14(17)9-11-8-10(2)16-18-11/h4,6-8,12H,3,5,9H2,1-2H3,(H,15,17)/t12-/m0/s1. The predicted octanol–water partition coefficient (Wildman–Crippen LogP) is 3.24. The summed E-state index contributed by atoms with van der Waals surface area (Å²) in [6.07, 6.45) is 2.22. The number of rotatable bonds is 6. The largest absolute Gasteiger partial charge is 0.361 e. The van der Waals surface area contributed by atoms with Gasteiger partial charge in [0.15, 0.2) is 0 Å². The number of amides is 1. The Kier molecular flexibility index (Phi) is 4.74. The molecule has 1 N–H and O–H groups in total. The Hall–Kier alpha value is -1.62. The maximum Gasteiger partial charge on any atom is 0.228 e. The fraction of sp³-hybridized carbons (Fsp3) is 0.429. The fourth-order valence-corrected chi connectivity index (χ4v) is 2.78. The summed E-state index contributed by atoms with van der Waals surface area (Å²) in [5, 5.41) is 8.88. The molecule has 0 fully saturated rings. The second-order valence-electron chi connectivity index (χ2n) is 4.54. The Labute approximate surface area is 116 Å². The highest BCUT2D eigenvalue weighted by Crippen LogP contribution is 2.23. The van der Waals surface area contributed by atoms with Crippen LogP contribution in [0.15, 0.2) is 28.1 Å². The van der Waals surface area contributed by atoms with Crippen molar-refractivity contribution in [3.8, 4) is 0 Å². The molecule has 0 saturated heterocycles. The fourth-order valence-electron chi connectivity index (χ4n) is 1.97. The van der Waals surface area contributed by atoms with E-state index in [0.717, 1.165) is 18.5 Å².